The number of amides is 5. The Labute approximate surface area is 419 Å². The van der Waals surface area contributed by atoms with Crippen molar-refractivity contribution in [2.75, 3.05) is 17.3 Å². The van der Waals surface area contributed by atoms with E-state index in [4.69, 9.17) is 9.47 Å². The summed E-state index contributed by atoms with van der Waals surface area (Å²) in [7, 11) is 0. The molecule has 5 amide bonds. The highest BCUT2D eigenvalue weighted by atomic mass is 32.2. The lowest BCUT2D eigenvalue weighted by atomic mass is 10.1. The molecule has 4 aromatic rings. The number of carbonyl (C=O) groups is 6. The van der Waals surface area contributed by atoms with Crippen LogP contribution < -0.4 is 26.6 Å². The normalized spacial score (nSPS) is 13.9. The molecule has 4 rings (SSSR count). The van der Waals surface area contributed by atoms with Crippen molar-refractivity contribution < 1.29 is 43.3 Å². The number of benzene rings is 4. The Hall–Kier alpha value is -5.49. The van der Waals surface area contributed by atoms with E-state index in [9.17, 15) is 33.9 Å². The molecule has 6 atom stereocenters. The van der Waals surface area contributed by atoms with Crippen LogP contribution in [0.4, 0.5) is 4.79 Å². The first-order valence-electron chi connectivity index (χ1n) is 22.8. The van der Waals surface area contributed by atoms with E-state index in [1.54, 1.807) is 20.8 Å². The molecule has 4 aromatic carbocycles. The summed E-state index contributed by atoms with van der Waals surface area (Å²) in [5, 5.41) is 24.4. The average Bonchev–Trinajstić information content (AvgIpc) is 3.30. The molecule has 0 unspecified atom stereocenters. The lowest BCUT2D eigenvalue weighted by molar-refractivity contribution is -0.148. The second-order valence-electron chi connectivity index (χ2n) is 17.9. The molecule has 0 bridgehead atoms. The molecule has 0 saturated heterocycles. The Balaban J connectivity index is 1.54. The molecule has 0 aliphatic heterocycles. The van der Waals surface area contributed by atoms with Crippen LogP contribution in [0.25, 0.3) is 0 Å². The minimum atomic E-state index is -1.56. The first-order valence-corrected chi connectivity index (χ1v) is 26.2. The number of aliphatic hydroxyl groups is 1. The van der Waals surface area contributed by atoms with E-state index >= 15 is 0 Å². The summed E-state index contributed by atoms with van der Waals surface area (Å²) in [5.41, 5.74) is 6.18. The van der Waals surface area contributed by atoms with Gasteiger partial charge >= 0.3 is 12.1 Å². The van der Waals surface area contributed by atoms with Gasteiger partial charge in [0.25, 0.3) is 0 Å². The summed E-state index contributed by atoms with van der Waals surface area (Å²) in [5.74, 6) is -1.87. The Bertz CT molecular complexity index is 2280. The summed E-state index contributed by atoms with van der Waals surface area (Å²) in [4.78, 5) is 82.5. The number of hydrogen-bond donors (Lipinski definition) is 6. The van der Waals surface area contributed by atoms with Crippen LogP contribution in [0.3, 0.4) is 0 Å². The van der Waals surface area contributed by atoms with Crippen molar-refractivity contribution in [2.24, 2.45) is 0 Å². The molecule has 0 aliphatic rings. The molecule has 0 saturated carbocycles. The molecule has 0 fully saturated rings. The lowest BCUT2D eigenvalue weighted by Crippen LogP contribution is -2.62. The molecule has 0 radical (unpaired) electrons. The van der Waals surface area contributed by atoms with E-state index in [-0.39, 0.29) is 23.9 Å². The van der Waals surface area contributed by atoms with Crippen molar-refractivity contribution in [1.82, 2.24) is 26.6 Å². The molecular formula is C52H67N5O9S3. The Morgan fingerprint density at radius 1 is 0.522 bits per heavy atom. The number of rotatable bonds is 25. The van der Waals surface area contributed by atoms with E-state index in [1.165, 1.54) is 49.1 Å². The summed E-state index contributed by atoms with van der Waals surface area (Å²) in [6.45, 7) is 13.8. The molecule has 0 aromatic heterocycles. The Morgan fingerprint density at radius 2 is 0.913 bits per heavy atom. The molecular weight excluding hydrogens is 935 g/mol. The number of esters is 1. The molecule has 0 aliphatic carbocycles. The van der Waals surface area contributed by atoms with Crippen molar-refractivity contribution >= 4 is 71.0 Å². The van der Waals surface area contributed by atoms with Gasteiger partial charge in [-0.25, -0.2) is 9.59 Å². The number of aryl methyl sites for hydroxylation is 3. The zero-order valence-corrected chi connectivity index (χ0v) is 43.1. The maximum atomic E-state index is 14.4. The van der Waals surface area contributed by atoms with Gasteiger partial charge in [-0.05, 0) is 77.6 Å². The molecule has 372 valence electrons. The average molecular weight is 1000 g/mol. The van der Waals surface area contributed by atoms with Gasteiger partial charge in [-0.3, -0.25) is 19.2 Å². The third-order valence-electron chi connectivity index (χ3n) is 10.3. The topological polar surface area (TPSA) is 201 Å². The van der Waals surface area contributed by atoms with Gasteiger partial charge in [-0.1, -0.05) is 120 Å². The minimum absolute atomic E-state index is 0.00980. The fourth-order valence-corrected chi connectivity index (χ4v) is 9.40. The highest BCUT2D eigenvalue weighted by molar-refractivity contribution is 7.99. The van der Waals surface area contributed by atoms with Crippen LogP contribution in [-0.4, -0.2) is 100.0 Å². The lowest BCUT2D eigenvalue weighted by Gasteiger charge is -2.28. The monoisotopic (exact) mass is 1000 g/mol. The number of nitrogens with one attached hydrogen (secondary N) is 5. The van der Waals surface area contributed by atoms with Gasteiger partial charge < -0.3 is 41.2 Å². The quantitative estimate of drug-likeness (QED) is 0.0385. The van der Waals surface area contributed by atoms with Crippen molar-refractivity contribution in [2.45, 2.75) is 121 Å². The fraction of sp³-hybridized carbons (Fsp3) is 0.423. The van der Waals surface area contributed by atoms with Gasteiger partial charge in [0.2, 0.25) is 23.6 Å². The van der Waals surface area contributed by atoms with Crippen LogP contribution in [0.1, 0.15) is 73.6 Å². The third-order valence-corrected chi connectivity index (χ3v) is 13.6. The maximum Gasteiger partial charge on any atom is 0.408 e. The highest BCUT2D eigenvalue weighted by Crippen LogP contribution is 2.19. The number of thioether (sulfide) groups is 3. The van der Waals surface area contributed by atoms with Crippen LogP contribution >= 0.6 is 35.3 Å². The zero-order chi connectivity index (χ0) is 50.5. The number of hydrogen-bond acceptors (Lipinski definition) is 12. The third kappa shape index (κ3) is 21.0. The van der Waals surface area contributed by atoms with E-state index in [2.05, 4.69) is 26.6 Å². The van der Waals surface area contributed by atoms with Crippen LogP contribution in [0.2, 0.25) is 0 Å². The smallest absolute Gasteiger partial charge is 0.408 e. The van der Waals surface area contributed by atoms with Crippen molar-refractivity contribution in [3.05, 3.63) is 142 Å². The van der Waals surface area contributed by atoms with E-state index in [0.29, 0.717) is 17.3 Å². The first kappa shape index (κ1) is 56.1. The van der Waals surface area contributed by atoms with Gasteiger partial charge in [-0.2, -0.15) is 35.3 Å². The molecule has 0 heterocycles. The van der Waals surface area contributed by atoms with E-state index in [1.807, 2.05) is 124 Å². The van der Waals surface area contributed by atoms with Crippen LogP contribution in [0.5, 0.6) is 0 Å². The largest absolute Gasteiger partial charge is 0.459 e. The summed E-state index contributed by atoms with van der Waals surface area (Å²) >= 11 is 4.15. The van der Waals surface area contributed by atoms with Crippen molar-refractivity contribution in [3.8, 4) is 0 Å². The number of alkyl carbamates (subject to hydrolysis) is 1. The van der Waals surface area contributed by atoms with Gasteiger partial charge in [0, 0.05) is 34.5 Å². The molecule has 6 N–H and O–H groups in total. The van der Waals surface area contributed by atoms with Gasteiger partial charge in [0.15, 0.2) is 0 Å². The molecule has 69 heavy (non-hydrogen) atoms. The van der Waals surface area contributed by atoms with Crippen LogP contribution in [0, 0.1) is 20.8 Å². The second-order valence-corrected chi connectivity index (χ2v) is 21.0. The van der Waals surface area contributed by atoms with Gasteiger partial charge in [0.1, 0.15) is 42.4 Å². The molecule has 17 heteroatoms. The Morgan fingerprint density at radius 3 is 1.33 bits per heavy atom. The van der Waals surface area contributed by atoms with Crippen LogP contribution in [0.15, 0.2) is 103 Å². The number of ether oxygens (including phenoxy) is 2. The predicted octanol–water partition coefficient (Wildman–Crippen LogP) is 6.69. The SMILES string of the molecule is Cc1ccc(CSC[C@H](NC(=O)OC(C)(C)C)C(=O)N[C@H](C(=O)N[C@@H](CSCc2ccc(C)cc2)C(=O)N[C@@H](CSCc2ccc(C)cc2)C(=O)N[C@@H](C)C(=O)OCc2ccccc2)[C@@H](C)O)cc1. The predicted molar refractivity (Wildman–Crippen MR) is 276 cm³/mol. The standard InChI is InChI=1S/C52H67N5O9S3/c1-33-14-20-39(21-15-33)27-67-30-42(46(59)53-36(4)50(63)65-26-38-12-10-9-11-13-38)54-47(60)43(31-68-28-40-22-16-34(2)17-23-40)55-49(62)45(37(5)58)57-48(61)44(56-51(64)66-52(6,7)8)32-69-29-41-24-18-35(3)19-25-41/h9-25,36-37,42-45,58H,26-32H2,1-8H3,(H,53,59)(H,54,60)(H,55,62)(H,56,64)(H,57,61)/t36-,37+,42-,43-,44-,45-/m0/s1. The van der Waals surface area contributed by atoms with Crippen molar-refractivity contribution in [1.29, 1.82) is 0 Å². The van der Waals surface area contributed by atoms with E-state index in [0.717, 1.165) is 38.9 Å². The molecule has 14 nitrogen and oxygen atoms in total. The fourth-order valence-electron chi connectivity index (χ4n) is 6.35. The summed E-state index contributed by atoms with van der Waals surface area (Å²) in [6, 6.07) is 26.6. The summed E-state index contributed by atoms with van der Waals surface area (Å²) < 4.78 is 10.9. The maximum absolute atomic E-state index is 14.4. The highest BCUT2D eigenvalue weighted by Gasteiger charge is 2.35. The summed E-state index contributed by atoms with van der Waals surface area (Å²) in [6.07, 6.45) is -2.28. The van der Waals surface area contributed by atoms with E-state index < -0.39 is 77.6 Å². The van der Waals surface area contributed by atoms with Crippen LogP contribution in [-0.2, 0) is 57.3 Å². The van der Waals surface area contributed by atoms with Gasteiger partial charge in [-0.15, -0.1) is 0 Å². The molecule has 0 spiro atoms. The Kier molecular flexibility index (Phi) is 23.0. The minimum Gasteiger partial charge on any atom is -0.459 e. The number of aliphatic hydroxyl groups excluding tert-OH is 1. The first-order chi connectivity index (χ1) is 32.8. The number of carbonyl (C=O) groups excluding carboxylic acids is 6. The second kappa shape index (κ2) is 28.2. The van der Waals surface area contributed by atoms with Gasteiger partial charge in [0.05, 0.1) is 6.10 Å². The van der Waals surface area contributed by atoms with Crippen molar-refractivity contribution in [3.63, 3.8) is 0 Å². The zero-order valence-electron chi connectivity index (χ0n) is 40.7.